The summed E-state index contributed by atoms with van der Waals surface area (Å²) in [4.78, 5) is 21.4. The van der Waals surface area contributed by atoms with E-state index in [1.165, 1.54) is 0 Å². The zero-order valence-corrected chi connectivity index (χ0v) is 22.3. The average molecular weight is 507 g/mol. The number of aliphatic carboxylic acids is 1. The lowest BCUT2D eigenvalue weighted by Gasteiger charge is -2.30. The molecule has 0 aliphatic carbocycles. The first-order valence-corrected chi connectivity index (χ1v) is 14.0. The zero-order valence-electron chi connectivity index (χ0n) is 20.6. The smallest absolute Gasteiger partial charge is 0.325 e. The number of carboxylic acids is 1. The minimum Gasteiger partial charge on any atom is -0.493 e. The fraction of sp³-hybridized carbons (Fsp3) is 0.696. The Labute approximate surface area is 203 Å². The fourth-order valence-corrected chi connectivity index (χ4v) is 4.68. The van der Waals surface area contributed by atoms with Gasteiger partial charge in [0.1, 0.15) is 24.1 Å². The summed E-state index contributed by atoms with van der Waals surface area (Å²) in [5.74, 6) is 0.562. The second-order valence-electron chi connectivity index (χ2n) is 9.19. The molecular formula is C23H41NO7PS+. The van der Waals surface area contributed by atoms with E-state index < -0.39 is 18.8 Å². The molecular weight excluding hydrogens is 465 g/mol. The van der Waals surface area contributed by atoms with Crippen LogP contribution in [0.1, 0.15) is 51.0 Å². The van der Waals surface area contributed by atoms with Crippen molar-refractivity contribution in [3.8, 4) is 11.5 Å². The molecule has 2 N–H and O–H groups in total. The molecule has 0 heterocycles. The van der Waals surface area contributed by atoms with Crippen molar-refractivity contribution >= 4 is 24.5 Å². The van der Waals surface area contributed by atoms with E-state index >= 15 is 0 Å². The van der Waals surface area contributed by atoms with Gasteiger partial charge in [-0.05, 0) is 55.7 Å². The summed E-state index contributed by atoms with van der Waals surface area (Å²) in [6, 6.07) is 5.86. The summed E-state index contributed by atoms with van der Waals surface area (Å²) in [6.07, 6.45) is 3.70. The summed E-state index contributed by atoms with van der Waals surface area (Å²) in [5.41, 5.74) is 1.07. The summed E-state index contributed by atoms with van der Waals surface area (Å²) >= 11 is 5.07. The van der Waals surface area contributed by atoms with Crippen molar-refractivity contribution in [2.45, 2.75) is 58.5 Å². The van der Waals surface area contributed by atoms with Crippen LogP contribution in [0.2, 0.25) is 0 Å². The van der Waals surface area contributed by atoms with Gasteiger partial charge >= 0.3 is 12.7 Å². The number of hydrogen-bond donors (Lipinski definition) is 2. The number of carbonyl (C=O) groups is 1. The lowest BCUT2D eigenvalue weighted by molar-refractivity contribution is -0.873. The SMILES string of the molecule is CCCCCOc1cc(C)cc(OCCCCOP(O)(=S)OC(CC(=O)O)C[N+](C)(C)C)c1. The molecule has 1 aromatic rings. The van der Waals surface area contributed by atoms with Crippen LogP contribution in [0.3, 0.4) is 0 Å². The molecule has 0 aliphatic rings. The maximum absolute atomic E-state index is 11.1. The summed E-state index contributed by atoms with van der Waals surface area (Å²) in [5, 5.41) is 9.09. The Bertz CT molecular complexity index is 770. The molecule has 2 atom stereocenters. The standard InChI is InChI=1S/C23H40NO7PS/c1-6-7-8-11-28-20-14-19(2)15-21(16-20)29-12-9-10-13-30-32(27,33)31-22(17-23(25)26)18-24(3,4)5/h14-16,22H,6-13,17-18H2,1-5H3,(H-,25,26,27,33)/p+1. The number of likely N-dealkylation sites (N-methyl/N-ethyl adjacent to an activating group) is 1. The highest BCUT2D eigenvalue weighted by Crippen LogP contribution is 2.45. The summed E-state index contributed by atoms with van der Waals surface area (Å²) in [7, 11) is 5.74. The number of quaternary nitrogens is 1. The van der Waals surface area contributed by atoms with Gasteiger partial charge in [-0.15, -0.1) is 0 Å². The van der Waals surface area contributed by atoms with Gasteiger partial charge in [0, 0.05) is 6.07 Å². The van der Waals surface area contributed by atoms with Gasteiger partial charge in [0.2, 0.25) is 0 Å². The van der Waals surface area contributed by atoms with Crippen molar-refractivity contribution in [3.63, 3.8) is 0 Å². The van der Waals surface area contributed by atoms with Crippen molar-refractivity contribution < 1.29 is 37.8 Å². The molecule has 0 aliphatic heterocycles. The Morgan fingerprint density at radius 1 is 1.03 bits per heavy atom. The summed E-state index contributed by atoms with van der Waals surface area (Å²) in [6.45, 7) is 2.43. The predicted molar refractivity (Wildman–Crippen MR) is 133 cm³/mol. The monoisotopic (exact) mass is 506 g/mol. The molecule has 10 heteroatoms. The summed E-state index contributed by atoms with van der Waals surface area (Å²) < 4.78 is 23.0. The second kappa shape index (κ2) is 14.9. The number of hydrogen-bond acceptors (Lipinski definition) is 6. The molecule has 8 nitrogen and oxygen atoms in total. The van der Waals surface area contributed by atoms with Crippen molar-refractivity contribution in [1.29, 1.82) is 0 Å². The fourth-order valence-electron chi connectivity index (χ4n) is 3.16. The van der Waals surface area contributed by atoms with Gasteiger partial charge in [-0.2, -0.15) is 0 Å². The molecule has 0 amide bonds. The normalized spacial score (nSPS) is 14.5. The van der Waals surface area contributed by atoms with Crippen LogP contribution in [0.25, 0.3) is 0 Å². The third kappa shape index (κ3) is 15.3. The molecule has 1 aromatic carbocycles. The van der Waals surface area contributed by atoms with Crippen LogP contribution in [0.15, 0.2) is 18.2 Å². The molecule has 0 saturated carbocycles. The van der Waals surface area contributed by atoms with Crippen molar-refractivity contribution in [2.24, 2.45) is 0 Å². The number of unbranched alkanes of at least 4 members (excludes halogenated alkanes) is 3. The predicted octanol–water partition coefficient (Wildman–Crippen LogP) is 4.52. The van der Waals surface area contributed by atoms with E-state index in [4.69, 9.17) is 35.4 Å². The second-order valence-corrected chi connectivity index (χ2v) is 12.0. The zero-order chi connectivity index (χ0) is 24.9. The van der Waals surface area contributed by atoms with Gasteiger partial charge in [-0.25, -0.2) is 0 Å². The topological polar surface area (TPSA) is 94.5 Å². The number of carboxylic acid groups (broad SMARTS) is 1. The van der Waals surface area contributed by atoms with Crippen LogP contribution in [0, 0.1) is 6.92 Å². The van der Waals surface area contributed by atoms with E-state index in [1.54, 1.807) is 0 Å². The molecule has 1 rings (SSSR count). The lowest BCUT2D eigenvalue weighted by Crippen LogP contribution is -2.42. The maximum Gasteiger partial charge on any atom is 0.325 e. The Morgan fingerprint density at radius 2 is 1.58 bits per heavy atom. The highest BCUT2D eigenvalue weighted by molar-refractivity contribution is 8.07. The number of benzene rings is 1. The van der Waals surface area contributed by atoms with Crippen molar-refractivity contribution in [1.82, 2.24) is 0 Å². The van der Waals surface area contributed by atoms with E-state index in [2.05, 4.69) is 6.92 Å². The Morgan fingerprint density at radius 3 is 2.09 bits per heavy atom. The number of ether oxygens (including phenoxy) is 2. The maximum atomic E-state index is 11.1. The first-order valence-electron chi connectivity index (χ1n) is 11.5. The van der Waals surface area contributed by atoms with Crippen molar-refractivity contribution in [3.05, 3.63) is 23.8 Å². The minimum atomic E-state index is -3.52. The van der Waals surface area contributed by atoms with Crippen LogP contribution in [-0.4, -0.2) is 74.1 Å². The van der Waals surface area contributed by atoms with E-state index in [1.807, 2.05) is 46.3 Å². The average Bonchev–Trinajstić information content (AvgIpc) is 2.65. The van der Waals surface area contributed by atoms with E-state index in [0.717, 1.165) is 36.3 Å². The first kappa shape index (κ1) is 29.8. The molecule has 33 heavy (non-hydrogen) atoms. The van der Waals surface area contributed by atoms with Gasteiger partial charge in [-0.3, -0.25) is 9.32 Å². The Kier molecular flexibility index (Phi) is 13.5. The highest BCUT2D eigenvalue weighted by Gasteiger charge is 2.28. The third-order valence-electron chi connectivity index (χ3n) is 4.54. The van der Waals surface area contributed by atoms with Gasteiger partial charge in [0.05, 0.1) is 47.4 Å². The van der Waals surface area contributed by atoms with Crippen molar-refractivity contribution in [2.75, 3.05) is 47.5 Å². The van der Waals surface area contributed by atoms with Crippen LogP contribution in [0.5, 0.6) is 11.5 Å². The minimum absolute atomic E-state index is 0.209. The van der Waals surface area contributed by atoms with E-state index in [-0.39, 0.29) is 13.0 Å². The Balaban J connectivity index is 2.39. The molecule has 2 unspecified atom stereocenters. The molecule has 0 saturated heterocycles. The number of nitrogens with zero attached hydrogens (tertiary/aromatic N) is 1. The van der Waals surface area contributed by atoms with E-state index in [0.29, 0.717) is 37.1 Å². The van der Waals surface area contributed by atoms with Gasteiger partial charge < -0.3 is 28.5 Å². The molecule has 0 spiro atoms. The lowest BCUT2D eigenvalue weighted by atomic mass is 10.2. The van der Waals surface area contributed by atoms with Gasteiger partial charge in [0.15, 0.2) is 0 Å². The van der Waals surface area contributed by atoms with Gasteiger partial charge in [0.25, 0.3) is 0 Å². The molecule has 0 fully saturated rings. The van der Waals surface area contributed by atoms with Gasteiger partial charge in [-0.1, -0.05) is 19.8 Å². The largest absolute Gasteiger partial charge is 0.493 e. The first-order chi connectivity index (χ1) is 15.4. The molecule has 190 valence electrons. The van der Waals surface area contributed by atoms with Crippen LogP contribution in [-0.2, 0) is 25.6 Å². The van der Waals surface area contributed by atoms with E-state index in [9.17, 15) is 9.69 Å². The molecule has 0 aromatic heterocycles. The third-order valence-corrected chi connectivity index (χ3v) is 6.19. The van der Waals surface area contributed by atoms with Crippen LogP contribution >= 0.6 is 6.72 Å². The Hall–Kier alpha value is -1.22. The molecule has 0 bridgehead atoms. The highest BCUT2D eigenvalue weighted by atomic mass is 32.5. The number of aryl methyl sites for hydroxylation is 1. The number of rotatable bonds is 18. The van der Waals surface area contributed by atoms with Crippen LogP contribution < -0.4 is 9.47 Å². The quantitative estimate of drug-likeness (QED) is 0.171. The van der Waals surface area contributed by atoms with Crippen LogP contribution in [0.4, 0.5) is 0 Å². The molecule has 0 radical (unpaired) electrons.